The van der Waals surface area contributed by atoms with Gasteiger partial charge < -0.3 is 10.6 Å². The molecule has 2 rings (SSSR count). The van der Waals surface area contributed by atoms with Gasteiger partial charge in [0, 0.05) is 5.56 Å². The van der Waals surface area contributed by atoms with E-state index < -0.39 is 0 Å². The normalized spacial score (nSPS) is 21.3. The molecule has 2 atom stereocenters. The summed E-state index contributed by atoms with van der Waals surface area (Å²) in [4.78, 5) is 12.0. The third-order valence-corrected chi connectivity index (χ3v) is 3.36. The van der Waals surface area contributed by atoms with Crippen LogP contribution in [-0.4, -0.2) is 18.5 Å². The van der Waals surface area contributed by atoms with E-state index in [1.165, 1.54) is 6.07 Å². The Labute approximate surface area is 107 Å². The highest BCUT2D eigenvalue weighted by Crippen LogP contribution is 2.17. The predicted octanol–water partition coefficient (Wildman–Crippen LogP) is 2.14. The van der Waals surface area contributed by atoms with Gasteiger partial charge in [-0.1, -0.05) is 24.6 Å². The lowest BCUT2D eigenvalue weighted by atomic mass is 10.0. The highest BCUT2D eigenvalue weighted by atomic mass is 19.1. The Hall–Kier alpha value is -1.42. The maximum Gasteiger partial charge on any atom is 0.237 e. The first-order valence-corrected chi connectivity index (χ1v) is 6.46. The Balaban J connectivity index is 1.96. The molecule has 1 amide bonds. The van der Waals surface area contributed by atoms with Crippen molar-refractivity contribution in [1.82, 2.24) is 10.6 Å². The van der Waals surface area contributed by atoms with Crippen LogP contribution in [0.4, 0.5) is 4.39 Å². The first-order chi connectivity index (χ1) is 8.68. The van der Waals surface area contributed by atoms with Crippen molar-refractivity contribution in [3.05, 3.63) is 35.6 Å². The summed E-state index contributed by atoms with van der Waals surface area (Å²) < 4.78 is 13.6. The first kappa shape index (κ1) is 13.0. The van der Waals surface area contributed by atoms with E-state index in [0.29, 0.717) is 5.56 Å². The number of rotatable bonds is 3. The molecule has 1 aliphatic rings. The molecule has 1 heterocycles. The molecule has 1 aliphatic heterocycles. The minimum atomic E-state index is -0.303. The highest BCUT2D eigenvalue weighted by Gasteiger charge is 2.22. The minimum absolute atomic E-state index is 0.0366. The van der Waals surface area contributed by atoms with Gasteiger partial charge in [0.05, 0.1) is 12.1 Å². The third kappa shape index (κ3) is 3.07. The zero-order chi connectivity index (χ0) is 13.0. The van der Waals surface area contributed by atoms with Crippen molar-refractivity contribution in [2.45, 2.75) is 38.3 Å². The van der Waals surface area contributed by atoms with Gasteiger partial charge in [-0.3, -0.25) is 4.79 Å². The van der Waals surface area contributed by atoms with E-state index in [-0.39, 0.29) is 23.8 Å². The topological polar surface area (TPSA) is 41.1 Å². The van der Waals surface area contributed by atoms with Gasteiger partial charge in [0.25, 0.3) is 0 Å². The lowest BCUT2D eigenvalue weighted by Crippen LogP contribution is -2.47. The SMILES string of the molecule is CC(NC(=O)[C@H]1CCCCN1)c1ccccc1F. The summed E-state index contributed by atoms with van der Waals surface area (Å²) >= 11 is 0. The van der Waals surface area contributed by atoms with Crippen molar-refractivity contribution in [1.29, 1.82) is 0 Å². The molecule has 0 saturated carbocycles. The average Bonchev–Trinajstić information content (AvgIpc) is 2.40. The van der Waals surface area contributed by atoms with Crippen LogP contribution >= 0.6 is 0 Å². The van der Waals surface area contributed by atoms with Crippen LogP contribution in [0, 0.1) is 5.82 Å². The Bertz CT molecular complexity index is 416. The highest BCUT2D eigenvalue weighted by molar-refractivity contribution is 5.82. The van der Waals surface area contributed by atoms with Crippen LogP contribution in [0.3, 0.4) is 0 Å². The number of piperidine rings is 1. The van der Waals surface area contributed by atoms with E-state index in [0.717, 1.165) is 25.8 Å². The molecule has 1 fully saturated rings. The lowest BCUT2D eigenvalue weighted by Gasteiger charge is -2.24. The number of carbonyl (C=O) groups excluding carboxylic acids is 1. The fourth-order valence-corrected chi connectivity index (χ4v) is 2.29. The molecule has 98 valence electrons. The summed E-state index contributed by atoms with van der Waals surface area (Å²) in [5, 5.41) is 6.05. The second-order valence-corrected chi connectivity index (χ2v) is 4.75. The van der Waals surface area contributed by atoms with Gasteiger partial charge in [0.1, 0.15) is 5.82 Å². The maximum atomic E-state index is 13.6. The fourth-order valence-electron chi connectivity index (χ4n) is 2.29. The summed E-state index contributed by atoms with van der Waals surface area (Å²) in [6, 6.07) is 6.11. The molecule has 0 aliphatic carbocycles. The number of carbonyl (C=O) groups is 1. The largest absolute Gasteiger partial charge is 0.348 e. The van der Waals surface area contributed by atoms with E-state index in [1.54, 1.807) is 25.1 Å². The molecule has 3 nitrogen and oxygen atoms in total. The number of hydrogen-bond donors (Lipinski definition) is 2. The molecular formula is C14H19FN2O. The molecule has 18 heavy (non-hydrogen) atoms. The molecule has 1 unspecified atom stereocenters. The summed E-state index contributed by atoms with van der Waals surface area (Å²) in [6.45, 7) is 2.69. The van der Waals surface area contributed by atoms with Crippen molar-refractivity contribution in [3.8, 4) is 0 Å². The van der Waals surface area contributed by atoms with Crippen LogP contribution in [0.5, 0.6) is 0 Å². The fraction of sp³-hybridized carbons (Fsp3) is 0.500. The van der Waals surface area contributed by atoms with E-state index >= 15 is 0 Å². The number of amides is 1. The van der Waals surface area contributed by atoms with Crippen LogP contribution in [0.2, 0.25) is 0 Å². The predicted molar refractivity (Wildman–Crippen MR) is 68.6 cm³/mol. The molecular weight excluding hydrogens is 231 g/mol. The standard InChI is InChI=1S/C14H19FN2O/c1-10(11-6-2-3-7-12(11)15)17-14(18)13-8-4-5-9-16-13/h2-3,6-7,10,13,16H,4-5,8-9H2,1H3,(H,17,18)/t10?,13-/m1/s1. The minimum Gasteiger partial charge on any atom is -0.348 e. The van der Waals surface area contributed by atoms with Crippen LogP contribution < -0.4 is 10.6 Å². The van der Waals surface area contributed by atoms with Crippen molar-refractivity contribution in [2.75, 3.05) is 6.54 Å². The van der Waals surface area contributed by atoms with Gasteiger partial charge in [-0.2, -0.15) is 0 Å². The summed E-state index contributed by atoms with van der Waals surface area (Å²) in [6.07, 6.45) is 3.04. The zero-order valence-electron chi connectivity index (χ0n) is 10.6. The van der Waals surface area contributed by atoms with E-state index in [4.69, 9.17) is 0 Å². The van der Waals surface area contributed by atoms with Gasteiger partial charge in [-0.15, -0.1) is 0 Å². The van der Waals surface area contributed by atoms with E-state index in [9.17, 15) is 9.18 Å². The molecule has 0 spiro atoms. The van der Waals surface area contributed by atoms with Crippen molar-refractivity contribution in [2.24, 2.45) is 0 Å². The van der Waals surface area contributed by atoms with Crippen LogP contribution in [-0.2, 0) is 4.79 Å². The smallest absolute Gasteiger partial charge is 0.237 e. The van der Waals surface area contributed by atoms with Gasteiger partial charge >= 0.3 is 0 Å². The monoisotopic (exact) mass is 250 g/mol. The van der Waals surface area contributed by atoms with Crippen LogP contribution in [0.15, 0.2) is 24.3 Å². The second-order valence-electron chi connectivity index (χ2n) is 4.75. The number of halogens is 1. The van der Waals surface area contributed by atoms with Crippen LogP contribution in [0.25, 0.3) is 0 Å². The quantitative estimate of drug-likeness (QED) is 0.863. The number of benzene rings is 1. The molecule has 1 aromatic rings. The van der Waals surface area contributed by atoms with Gasteiger partial charge in [-0.05, 0) is 32.4 Å². The molecule has 4 heteroatoms. The Morgan fingerprint density at radius 1 is 1.44 bits per heavy atom. The Morgan fingerprint density at radius 3 is 2.89 bits per heavy atom. The molecule has 0 radical (unpaired) electrons. The summed E-state index contributed by atoms with van der Waals surface area (Å²) in [5.74, 6) is -0.313. The van der Waals surface area contributed by atoms with Crippen molar-refractivity contribution < 1.29 is 9.18 Å². The number of nitrogens with one attached hydrogen (secondary N) is 2. The zero-order valence-corrected chi connectivity index (χ0v) is 10.6. The third-order valence-electron chi connectivity index (χ3n) is 3.36. The van der Waals surface area contributed by atoms with E-state index in [1.807, 2.05) is 0 Å². The Kier molecular flexibility index (Phi) is 4.31. The molecule has 0 bridgehead atoms. The van der Waals surface area contributed by atoms with Gasteiger partial charge in [0.15, 0.2) is 0 Å². The molecule has 2 N–H and O–H groups in total. The molecule has 1 aromatic carbocycles. The Morgan fingerprint density at radius 2 is 2.22 bits per heavy atom. The van der Waals surface area contributed by atoms with Crippen molar-refractivity contribution >= 4 is 5.91 Å². The maximum absolute atomic E-state index is 13.6. The molecule has 0 aromatic heterocycles. The van der Waals surface area contributed by atoms with Gasteiger partial charge in [0.2, 0.25) is 5.91 Å². The number of hydrogen-bond acceptors (Lipinski definition) is 2. The average molecular weight is 250 g/mol. The second kappa shape index (κ2) is 5.96. The summed E-state index contributed by atoms with van der Waals surface area (Å²) in [7, 11) is 0. The first-order valence-electron chi connectivity index (χ1n) is 6.46. The van der Waals surface area contributed by atoms with Crippen LogP contribution in [0.1, 0.15) is 37.8 Å². The molecule has 1 saturated heterocycles. The summed E-state index contributed by atoms with van der Waals surface area (Å²) in [5.41, 5.74) is 0.529. The van der Waals surface area contributed by atoms with E-state index in [2.05, 4.69) is 10.6 Å². The van der Waals surface area contributed by atoms with Crippen molar-refractivity contribution in [3.63, 3.8) is 0 Å². The lowest BCUT2D eigenvalue weighted by molar-refractivity contribution is -0.124. The van der Waals surface area contributed by atoms with Gasteiger partial charge in [-0.25, -0.2) is 4.39 Å².